The molecular formula is C22H33NO4. The Kier molecular flexibility index (Phi) is 7.06. The highest BCUT2D eigenvalue weighted by Gasteiger charge is 2.45. The second kappa shape index (κ2) is 8.89. The quantitative estimate of drug-likeness (QED) is 0.749. The van der Waals surface area contributed by atoms with Crippen LogP contribution in [0.4, 0.5) is 4.79 Å². The number of nitrogens with zero attached hydrogens (tertiary/aromatic N) is 1. The van der Waals surface area contributed by atoms with Crippen molar-refractivity contribution < 1.29 is 19.4 Å². The van der Waals surface area contributed by atoms with E-state index in [0.29, 0.717) is 13.0 Å². The number of benzene rings is 1. The summed E-state index contributed by atoms with van der Waals surface area (Å²) in [5, 5.41) is 8.92. The molecule has 0 aromatic heterocycles. The molecule has 1 N–H and O–H groups in total. The minimum absolute atomic E-state index is 0.0816. The van der Waals surface area contributed by atoms with E-state index in [1.165, 1.54) is 0 Å². The third-order valence-corrected chi connectivity index (χ3v) is 4.50. The molecule has 2 rings (SSSR count). The Morgan fingerprint density at radius 3 is 2.74 bits per heavy atom. The summed E-state index contributed by atoms with van der Waals surface area (Å²) in [5.74, 6) is 0. The molecule has 1 aromatic carbocycles. The minimum Gasteiger partial charge on any atom is -0.444 e. The number of aliphatic hydroxyl groups excluding tert-OH is 1. The first-order chi connectivity index (χ1) is 12.6. The molecule has 1 aliphatic rings. The van der Waals surface area contributed by atoms with Gasteiger partial charge in [-0.3, -0.25) is 4.90 Å². The number of hydrogen-bond acceptors (Lipinski definition) is 4. The summed E-state index contributed by atoms with van der Waals surface area (Å²) in [6, 6.07) is 8.10. The van der Waals surface area contributed by atoms with Crippen molar-refractivity contribution in [3.63, 3.8) is 0 Å². The van der Waals surface area contributed by atoms with Crippen LogP contribution in [0.3, 0.4) is 0 Å². The Morgan fingerprint density at radius 1 is 1.37 bits per heavy atom. The number of rotatable bonds is 6. The van der Waals surface area contributed by atoms with Gasteiger partial charge < -0.3 is 14.6 Å². The Hall–Kier alpha value is -1.85. The molecule has 5 nitrogen and oxygen atoms in total. The highest BCUT2D eigenvalue weighted by atomic mass is 16.6. The van der Waals surface area contributed by atoms with Gasteiger partial charge in [0.05, 0.1) is 12.6 Å². The fraction of sp³-hybridized carbons (Fsp3) is 0.591. The van der Waals surface area contributed by atoms with E-state index in [1.54, 1.807) is 4.90 Å². The van der Waals surface area contributed by atoms with Gasteiger partial charge in [0.2, 0.25) is 0 Å². The van der Waals surface area contributed by atoms with Crippen LogP contribution in [-0.2, 0) is 15.9 Å². The van der Waals surface area contributed by atoms with E-state index in [-0.39, 0.29) is 18.7 Å². The van der Waals surface area contributed by atoms with E-state index in [0.717, 1.165) is 24.0 Å². The van der Waals surface area contributed by atoms with Crippen LogP contribution < -0.4 is 0 Å². The van der Waals surface area contributed by atoms with Gasteiger partial charge >= 0.3 is 6.09 Å². The zero-order chi connectivity index (χ0) is 20.1. The molecule has 5 heteroatoms. The highest BCUT2D eigenvalue weighted by molar-refractivity contribution is 5.70. The van der Waals surface area contributed by atoms with Crippen molar-refractivity contribution in [2.24, 2.45) is 0 Å². The van der Waals surface area contributed by atoms with Gasteiger partial charge in [-0.15, -0.1) is 0 Å². The summed E-state index contributed by atoms with van der Waals surface area (Å²) in [7, 11) is 0. The first kappa shape index (κ1) is 21.5. The lowest BCUT2D eigenvalue weighted by Gasteiger charge is -2.35. The van der Waals surface area contributed by atoms with Crippen LogP contribution >= 0.6 is 0 Å². The van der Waals surface area contributed by atoms with E-state index in [2.05, 4.69) is 24.3 Å². The predicted octanol–water partition coefficient (Wildman–Crippen LogP) is 4.39. The number of aliphatic hydroxyl groups is 1. The van der Waals surface area contributed by atoms with E-state index in [1.807, 2.05) is 46.8 Å². The van der Waals surface area contributed by atoms with E-state index < -0.39 is 11.3 Å². The largest absolute Gasteiger partial charge is 0.444 e. The zero-order valence-corrected chi connectivity index (χ0v) is 17.2. The molecule has 0 saturated carbocycles. The van der Waals surface area contributed by atoms with Crippen LogP contribution in [0.25, 0.3) is 6.08 Å². The molecule has 1 heterocycles. The Labute approximate surface area is 163 Å². The standard InChI is InChI=1S/C22H33NO4/c1-21(2,3)27-20(25)23-19(16-26-22(23,4)5)15-18-13-9-8-12-17(18)11-7-6-10-14-24/h7-9,11-13,19,24H,6,10,14-16H2,1-5H3/b11-7-. The fourth-order valence-corrected chi connectivity index (χ4v) is 3.27. The number of allylic oxidation sites excluding steroid dienone is 1. The summed E-state index contributed by atoms with van der Waals surface area (Å²) in [6.07, 6.45) is 6.12. The zero-order valence-electron chi connectivity index (χ0n) is 17.2. The maximum atomic E-state index is 12.8. The normalized spacial score (nSPS) is 19.6. The first-order valence-corrected chi connectivity index (χ1v) is 9.65. The lowest BCUT2D eigenvalue weighted by atomic mass is 9.99. The first-order valence-electron chi connectivity index (χ1n) is 9.65. The monoisotopic (exact) mass is 375 g/mol. The number of carbonyl (C=O) groups excluding carboxylic acids is 1. The summed E-state index contributed by atoms with van der Waals surface area (Å²) in [5.41, 5.74) is 1.05. The summed E-state index contributed by atoms with van der Waals surface area (Å²) in [4.78, 5) is 14.5. The van der Waals surface area contributed by atoms with Gasteiger partial charge in [0.1, 0.15) is 11.3 Å². The van der Waals surface area contributed by atoms with Crippen LogP contribution in [0.15, 0.2) is 30.3 Å². The average Bonchev–Trinajstić information content (AvgIpc) is 2.86. The Balaban J connectivity index is 2.18. The predicted molar refractivity (Wildman–Crippen MR) is 107 cm³/mol. The van der Waals surface area contributed by atoms with Gasteiger partial charge in [0.15, 0.2) is 0 Å². The van der Waals surface area contributed by atoms with Crippen molar-refractivity contribution in [1.29, 1.82) is 0 Å². The molecule has 1 aliphatic heterocycles. The second-order valence-corrected chi connectivity index (χ2v) is 8.43. The molecule has 1 atom stereocenters. The lowest BCUT2D eigenvalue weighted by molar-refractivity contribution is -0.0624. The van der Waals surface area contributed by atoms with Crippen molar-refractivity contribution in [3.8, 4) is 0 Å². The molecule has 1 fully saturated rings. The van der Waals surface area contributed by atoms with Gasteiger partial charge in [-0.25, -0.2) is 4.79 Å². The molecule has 0 spiro atoms. The molecule has 1 unspecified atom stereocenters. The van der Waals surface area contributed by atoms with Gasteiger partial charge in [-0.05, 0) is 65.0 Å². The van der Waals surface area contributed by atoms with E-state index in [4.69, 9.17) is 14.6 Å². The molecular weight excluding hydrogens is 342 g/mol. The summed E-state index contributed by atoms with van der Waals surface area (Å²) in [6.45, 7) is 10.1. The second-order valence-electron chi connectivity index (χ2n) is 8.43. The lowest BCUT2D eigenvalue weighted by Crippen LogP contribution is -2.50. The maximum absolute atomic E-state index is 12.8. The molecule has 1 aromatic rings. The van der Waals surface area contributed by atoms with Crippen LogP contribution in [0.2, 0.25) is 0 Å². The average molecular weight is 376 g/mol. The van der Waals surface area contributed by atoms with Gasteiger partial charge in [-0.1, -0.05) is 36.4 Å². The SMILES string of the molecule is CC(C)(C)OC(=O)N1C(Cc2ccccc2/C=C\CCCO)COC1(C)C. The molecule has 0 bridgehead atoms. The smallest absolute Gasteiger partial charge is 0.412 e. The van der Waals surface area contributed by atoms with Crippen LogP contribution in [-0.4, -0.2) is 46.7 Å². The fourth-order valence-electron chi connectivity index (χ4n) is 3.27. The number of hydrogen-bond donors (Lipinski definition) is 1. The van der Waals surface area contributed by atoms with Gasteiger partial charge in [-0.2, -0.15) is 0 Å². The topological polar surface area (TPSA) is 59.0 Å². The molecule has 0 radical (unpaired) electrons. The number of amides is 1. The van der Waals surface area contributed by atoms with Gasteiger partial charge in [0, 0.05) is 6.61 Å². The van der Waals surface area contributed by atoms with Crippen molar-refractivity contribution >= 4 is 12.2 Å². The number of carbonyl (C=O) groups is 1. The summed E-state index contributed by atoms with van der Waals surface area (Å²) >= 11 is 0. The van der Waals surface area contributed by atoms with Crippen molar-refractivity contribution in [2.45, 2.75) is 71.2 Å². The van der Waals surface area contributed by atoms with E-state index >= 15 is 0 Å². The molecule has 150 valence electrons. The Morgan fingerprint density at radius 2 is 2.07 bits per heavy atom. The molecule has 1 saturated heterocycles. The molecule has 1 amide bonds. The summed E-state index contributed by atoms with van der Waals surface area (Å²) < 4.78 is 11.5. The van der Waals surface area contributed by atoms with Crippen molar-refractivity contribution in [2.75, 3.05) is 13.2 Å². The van der Waals surface area contributed by atoms with Gasteiger partial charge in [0.25, 0.3) is 0 Å². The highest BCUT2D eigenvalue weighted by Crippen LogP contribution is 2.31. The minimum atomic E-state index is -0.696. The maximum Gasteiger partial charge on any atom is 0.412 e. The third-order valence-electron chi connectivity index (χ3n) is 4.50. The van der Waals surface area contributed by atoms with Crippen molar-refractivity contribution in [1.82, 2.24) is 4.90 Å². The Bertz CT molecular complexity index is 661. The van der Waals surface area contributed by atoms with Crippen LogP contribution in [0.5, 0.6) is 0 Å². The third kappa shape index (κ3) is 6.08. The number of unbranched alkanes of at least 4 members (excludes halogenated alkanes) is 1. The molecule has 0 aliphatic carbocycles. The molecule has 27 heavy (non-hydrogen) atoms. The van der Waals surface area contributed by atoms with Crippen LogP contribution in [0.1, 0.15) is 58.6 Å². The van der Waals surface area contributed by atoms with Crippen LogP contribution in [0, 0.1) is 0 Å². The van der Waals surface area contributed by atoms with E-state index in [9.17, 15) is 4.79 Å². The number of ether oxygens (including phenoxy) is 2. The van der Waals surface area contributed by atoms with Crippen molar-refractivity contribution in [3.05, 3.63) is 41.5 Å².